The normalized spacial score (nSPS) is 24.3. The average Bonchev–Trinajstić information content (AvgIpc) is 2.46. The summed E-state index contributed by atoms with van der Waals surface area (Å²) >= 11 is 30.3. The van der Waals surface area contributed by atoms with Gasteiger partial charge in [0, 0.05) is 0 Å². The Balaban J connectivity index is 2.52. The molecule has 2 atom stereocenters. The van der Waals surface area contributed by atoms with Crippen LogP contribution in [-0.2, 0) is 0 Å². The number of alkyl halides is 1. The zero-order valence-electron chi connectivity index (χ0n) is 10.6. The Labute approximate surface area is 151 Å². The van der Waals surface area contributed by atoms with E-state index in [0.717, 1.165) is 0 Å². The molecule has 2 unspecified atom stereocenters. The highest BCUT2D eigenvalue weighted by atomic mass is 35.5. The second-order valence-corrected chi connectivity index (χ2v) is 6.52. The van der Waals surface area contributed by atoms with E-state index < -0.39 is 10.8 Å². The van der Waals surface area contributed by atoms with E-state index in [1.54, 1.807) is 24.3 Å². The van der Waals surface area contributed by atoms with Crippen molar-refractivity contribution in [2.45, 2.75) is 4.87 Å². The van der Waals surface area contributed by atoms with Crippen LogP contribution in [0.5, 0.6) is 5.75 Å². The minimum atomic E-state index is -1.67. The summed E-state index contributed by atoms with van der Waals surface area (Å²) in [7, 11) is 0. The molecule has 3 nitrogen and oxygen atoms in total. The first-order chi connectivity index (χ1) is 10.3. The van der Waals surface area contributed by atoms with Gasteiger partial charge in [-0.15, -0.1) is 0 Å². The van der Waals surface area contributed by atoms with Crippen LogP contribution in [0.1, 0.15) is 0 Å². The Hall–Kier alpha value is -1.07. The van der Waals surface area contributed by atoms with Gasteiger partial charge < -0.3 is 4.74 Å². The molecule has 0 aliphatic heterocycles. The molecule has 0 fully saturated rings. The van der Waals surface area contributed by atoms with E-state index >= 15 is 0 Å². The second-order valence-electron chi connectivity index (χ2n) is 4.26. The first-order valence-corrected chi connectivity index (χ1v) is 7.63. The number of nitrogens with zero attached hydrogens (tertiary/aromatic N) is 2. The van der Waals surface area contributed by atoms with E-state index in [1.165, 1.54) is 6.08 Å². The third kappa shape index (κ3) is 3.01. The fraction of sp³-hybridized carbons (Fsp3) is 0.143. The topological polar surface area (TPSA) is 56.8 Å². The van der Waals surface area contributed by atoms with Crippen molar-refractivity contribution in [3.63, 3.8) is 0 Å². The number of benzene rings is 1. The zero-order chi connectivity index (χ0) is 16.5. The lowest BCUT2D eigenvalue weighted by Gasteiger charge is -2.27. The van der Waals surface area contributed by atoms with Gasteiger partial charge in [-0.1, -0.05) is 64.1 Å². The van der Waals surface area contributed by atoms with Gasteiger partial charge in [0.15, 0.2) is 16.4 Å². The minimum Gasteiger partial charge on any atom is -0.451 e. The van der Waals surface area contributed by atoms with Crippen molar-refractivity contribution >= 4 is 58.0 Å². The lowest BCUT2D eigenvalue weighted by Crippen LogP contribution is -2.32. The predicted octanol–water partition coefficient (Wildman–Crippen LogP) is 5.60. The molecule has 0 radical (unpaired) electrons. The van der Waals surface area contributed by atoms with Gasteiger partial charge in [-0.2, -0.15) is 10.5 Å². The molecule has 1 aromatic carbocycles. The smallest absolute Gasteiger partial charge is 0.171 e. The molecule has 0 amide bonds. The predicted molar refractivity (Wildman–Crippen MR) is 87.2 cm³/mol. The lowest BCUT2D eigenvalue weighted by atomic mass is 9.88. The molecule has 2 rings (SSSR count). The Morgan fingerprint density at radius 2 is 1.68 bits per heavy atom. The molecule has 1 aliphatic rings. The molecule has 0 saturated heterocycles. The number of para-hydroxylation sites is 1. The van der Waals surface area contributed by atoms with Crippen LogP contribution in [0.15, 0.2) is 40.1 Å². The van der Waals surface area contributed by atoms with Crippen molar-refractivity contribution in [2.75, 3.05) is 0 Å². The van der Waals surface area contributed by atoms with Crippen molar-refractivity contribution in [2.24, 2.45) is 5.92 Å². The number of hydrogen-bond acceptors (Lipinski definition) is 3. The molecule has 0 N–H and O–H groups in total. The molecule has 112 valence electrons. The minimum absolute atomic E-state index is 0.0102. The van der Waals surface area contributed by atoms with Crippen LogP contribution in [0.25, 0.3) is 0 Å². The summed E-state index contributed by atoms with van der Waals surface area (Å²) in [4.78, 5) is -1.67. The SMILES string of the molecule is N#CC1C(Cl)=C(Oc2c(Cl)cccc2Cl)C(Cl)=CC1(Cl)C#N. The number of rotatable bonds is 2. The third-order valence-electron chi connectivity index (χ3n) is 2.87. The second kappa shape index (κ2) is 6.59. The van der Waals surface area contributed by atoms with Gasteiger partial charge >= 0.3 is 0 Å². The Morgan fingerprint density at radius 3 is 2.18 bits per heavy atom. The van der Waals surface area contributed by atoms with E-state index in [0.29, 0.717) is 0 Å². The highest BCUT2D eigenvalue weighted by Crippen LogP contribution is 2.45. The Morgan fingerprint density at radius 1 is 1.09 bits per heavy atom. The van der Waals surface area contributed by atoms with E-state index in [-0.39, 0.29) is 31.6 Å². The highest BCUT2D eigenvalue weighted by molar-refractivity contribution is 6.39. The number of halogens is 5. The fourth-order valence-corrected chi connectivity index (χ4v) is 3.37. The van der Waals surface area contributed by atoms with E-state index in [1.807, 2.05) is 6.07 Å². The largest absolute Gasteiger partial charge is 0.451 e. The summed E-state index contributed by atoms with van der Waals surface area (Å²) in [6.07, 6.45) is 1.20. The van der Waals surface area contributed by atoms with E-state index in [9.17, 15) is 5.26 Å². The van der Waals surface area contributed by atoms with Crippen molar-refractivity contribution in [1.29, 1.82) is 10.5 Å². The number of hydrogen-bond donors (Lipinski definition) is 0. The van der Waals surface area contributed by atoms with Crippen molar-refractivity contribution in [3.8, 4) is 17.9 Å². The van der Waals surface area contributed by atoms with Gasteiger partial charge in [-0.05, 0) is 18.2 Å². The van der Waals surface area contributed by atoms with Crippen molar-refractivity contribution in [1.82, 2.24) is 0 Å². The molecular weight excluding hydrogens is 389 g/mol. The maximum absolute atomic E-state index is 9.22. The summed E-state index contributed by atoms with van der Waals surface area (Å²) in [5.41, 5.74) is 0. The molecule has 0 heterocycles. The first kappa shape index (κ1) is 17.3. The summed E-state index contributed by atoms with van der Waals surface area (Å²) in [6, 6.07) is 8.45. The summed E-state index contributed by atoms with van der Waals surface area (Å²) in [5.74, 6) is -1.02. The molecule has 1 aromatic rings. The highest BCUT2D eigenvalue weighted by Gasteiger charge is 2.44. The third-order valence-corrected chi connectivity index (χ3v) is 4.55. The van der Waals surface area contributed by atoms with Crippen LogP contribution >= 0.6 is 58.0 Å². The van der Waals surface area contributed by atoms with Crippen LogP contribution in [0.4, 0.5) is 0 Å². The van der Waals surface area contributed by atoms with Gasteiger partial charge in [0.05, 0.1) is 32.2 Å². The van der Waals surface area contributed by atoms with Gasteiger partial charge in [0.25, 0.3) is 0 Å². The Kier molecular flexibility index (Phi) is 5.17. The van der Waals surface area contributed by atoms with Gasteiger partial charge in [0.2, 0.25) is 0 Å². The summed E-state index contributed by atoms with van der Waals surface area (Å²) in [6.45, 7) is 0. The van der Waals surface area contributed by atoms with Crippen LogP contribution in [0.2, 0.25) is 10.0 Å². The monoisotopic (exact) mass is 392 g/mol. The summed E-state index contributed by atoms with van der Waals surface area (Å²) in [5, 5.41) is 18.8. The zero-order valence-corrected chi connectivity index (χ0v) is 14.4. The number of nitriles is 2. The van der Waals surface area contributed by atoms with E-state index in [4.69, 9.17) is 68.0 Å². The molecule has 0 saturated carbocycles. The molecule has 0 bridgehead atoms. The maximum Gasteiger partial charge on any atom is 0.171 e. The molecular formula is C14H5Cl5N2O. The molecule has 0 aromatic heterocycles. The van der Waals surface area contributed by atoms with Gasteiger partial charge in [0.1, 0.15) is 5.92 Å². The van der Waals surface area contributed by atoms with Crippen molar-refractivity contribution < 1.29 is 4.74 Å². The Bertz CT molecular complexity index is 754. The molecule has 22 heavy (non-hydrogen) atoms. The quantitative estimate of drug-likeness (QED) is 0.614. The molecule has 0 spiro atoms. The van der Waals surface area contributed by atoms with Gasteiger partial charge in [-0.3, -0.25) is 0 Å². The molecule has 1 aliphatic carbocycles. The van der Waals surface area contributed by atoms with Gasteiger partial charge in [-0.25, -0.2) is 0 Å². The van der Waals surface area contributed by atoms with Crippen molar-refractivity contribution in [3.05, 3.63) is 50.1 Å². The standard InChI is InChI=1S/C14H5Cl5N2O/c15-8-2-1-3-9(16)12(8)22-13-10(17)4-14(19,6-21)7(5-20)11(13)18/h1-4,7H. The van der Waals surface area contributed by atoms with Crippen LogP contribution < -0.4 is 4.74 Å². The van der Waals surface area contributed by atoms with E-state index in [2.05, 4.69) is 0 Å². The van der Waals surface area contributed by atoms with Crippen LogP contribution in [0.3, 0.4) is 0 Å². The molecule has 8 heteroatoms. The fourth-order valence-electron chi connectivity index (χ4n) is 1.79. The maximum atomic E-state index is 9.22. The first-order valence-electron chi connectivity index (χ1n) is 5.74. The van der Waals surface area contributed by atoms with Crippen LogP contribution in [-0.4, -0.2) is 4.87 Å². The average molecular weight is 394 g/mol. The van der Waals surface area contributed by atoms with Crippen LogP contribution in [0, 0.1) is 28.6 Å². The lowest BCUT2D eigenvalue weighted by molar-refractivity contribution is 0.427. The summed E-state index contributed by atoms with van der Waals surface area (Å²) < 4.78 is 5.58. The number of ether oxygens (including phenoxy) is 1. The number of allylic oxidation sites excluding steroid dienone is 3.